The lowest BCUT2D eigenvalue weighted by Crippen LogP contribution is -2.41. The summed E-state index contributed by atoms with van der Waals surface area (Å²) in [5, 5.41) is 9.51. The lowest BCUT2D eigenvalue weighted by molar-refractivity contribution is -0.142. The summed E-state index contributed by atoms with van der Waals surface area (Å²) in [6.07, 6.45) is 5.31. The number of carbonyl (C=O) groups excluding carboxylic acids is 1. The van der Waals surface area contributed by atoms with Gasteiger partial charge >= 0.3 is 11.9 Å². The minimum Gasteiger partial charge on any atom is -0.480 e. The Hall–Kier alpha value is -1.82. The number of aliphatic carboxylic acids is 1. The summed E-state index contributed by atoms with van der Waals surface area (Å²) in [6.45, 7) is 0.537. The first-order chi connectivity index (χ1) is 10.6. The third kappa shape index (κ3) is 2.75. The highest BCUT2D eigenvalue weighted by atomic mass is 16.5. The Morgan fingerprint density at radius 1 is 1.36 bits per heavy atom. The number of ether oxygens (including phenoxy) is 1. The van der Waals surface area contributed by atoms with Crippen LogP contribution < -0.4 is 0 Å². The van der Waals surface area contributed by atoms with Crippen LogP contribution in [0.1, 0.15) is 48.3 Å². The average molecular weight is 306 g/mol. The third-order valence-electron chi connectivity index (χ3n) is 5.01. The van der Waals surface area contributed by atoms with Crippen molar-refractivity contribution in [3.8, 4) is 0 Å². The number of esters is 1. The Labute approximate surface area is 129 Å². The van der Waals surface area contributed by atoms with Gasteiger partial charge in [0.05, 0.1) is 7.11 Å². The molecule has 2 aliphatic rings. The summed E-state index contributed by atoms with van der Waals surface area (Å²) in [7, 11) is 1.34. The van der Waals surface area contributed by atoms with Crippen molar-refractivity contribution in [3.05, 3.63) is 23.5 Å². The number of carboxylic acid groups (broad SMARTS) is 1. The standard InChI is InChI=1S/C16H22N2O4/c1-22-16(21)12-7-6-11(17-12)9-18-13-5-3-2-4-10(13)8-14(18)15(19)20/h6-7,10,13-14,17H,2-5,8-9H2,1H3,(H,19,20). The Bertz CT molecular complexity index is 568. The third-order valence-corrected chi connectivity index (χ3v) is 5.01. The molecule has 6 nitrogen and oxygen atoms in total. The first kappa shape index (κ1) is 15.1. The minimum atomic E-state index is -0.742. The second-order valence-corrected chi connectivity index (χ2v) is 6.26. The van der Waals surface area contributed by atoms with Gasteiger partial charge in [-0.1, -0.05) is 12.8 Å². The Morgan fingerprint density at radius 2 is 2.14 bits per heavy atom. The largest absolute Gasteiger partial charge is 0.480 e. The number of rotatable bonds is 4. The molecule has 1 aromatic rings. The molecule has 1 aliphatic carbocycles. The number of nitrogens with zero attached hydrogens (tertiary/aromatic N) is 1. The molecule has 3 rings (SSSR count). The zero-order valence-electron chi connectivity index (χ0n) is 12.7. The van der Waals surface area contributed by atoms with Crippen LogP contribution in [0.4, 0.5) is 0 Å². The van der Waals surface area contributed by atoms with Crippen LogP contribution in [0.15, 0.2) is 12.1 Å². The maximum absolute atomic E-state index is 11.6. The van der Waals surface area contributed by atoms with Gasteiger partial charge in [-0.15, -0.1) is 0 Å². The summed E-state index contributed by atoms with van der Waals surface area (Å²) in [4.78, 5) is 28.2. The molecule has 3 unspecified atom stereocenters. The van der Waals surface area contributed by atoms with Gasteiger partial charge in [-0.25, -0.2) is 4.79 Å². The molecule has 0 amide bonds. The van der Waals surface area contributed by atoms with Crippen LogP contribution in [0.3, 0.4) is 0 Å². The lowest BCUT2D eigenvalue weighted by Gasteiger charge is -2.32. The van der Waals surface area contributed by atoms with Crippen molar-refractivity contribution in [2.75, 3.05) is 7.11 Å². The number of likely N-dealkylation sites (tertiary alicyclic amines) is 1. The van der Waals surface area contributed by atoms with E-state index in [1.165, 1.54) is 20.0 Å². The first-order valence-electron chi connectivity index (χ1n) is 7.85. The van der Waals surface area contributed by atoms with Gasteiger partial charge in [-0.3, -0.25) is 9.69 Å². The molecule has 0 bridgehead atoms. The van der Waals surface area contributed by atoms with Gasteiger partial charge in [0, 0.05) is 18.3 Å². The summed E-state index contributed by atoms with van der Waals surface area (Å²) in [5.41, 5.74) is 1.27. The summed E-state index contributed by atoms with van der Waals surface area (Å²) < 4.78 is 4.69. The molecule has 3 atom stereocenters. The molecule has 0 radical (unpaired) electrons. The van der Waals surface area contributed by atoms with Crippen molar-refractivity contribution in [3.63, 3.8) is 0 Å². The number of methoxy groups -OCH3 is 1. The maximum atomic E-state index is 11.6. The van der Waals surface area contributed by atoms with Gasteiger partial charge in [0.25, 0.3) is 0 Å². The van der Waals surface area contributed by atoms with Gasteiger partial charge < -0.3 is 14.8 Å². The molecule has 0 spiro atoms. The normalized spacial score (nSPS) is 28.3. The topological polar surface area (TPSA) is 82.6 Å². The quantitative estimate of drug-likeness (QED) is 0.832. The van der Waals surface area contributed by atoms with Gasteiger partial charge in [-0.2, -0.15) is 0 Å². The molecule has 120 valence electrons. The summed E-state index contributed by atoms with van der Waals surface area (Å²) in [6, 6.07) is 3.45. The molecule has 1 saturated heterocycles. The maximum Gasteiger partial charge on any atom is 0.354 e. The van der Waals surface area contributed by atoms with Gasteiger partial charge in [-0.05, 0) is 37.3 Å². The highest BCUT2D eigenvalue weighted by molar-refractivity contribution is 5.87. The van der Waals surface area contributed by atoms with Crippen LogP contribution in [0.5, 0.6) is 0 Å². The van der Waals surface area contributed by atoms with Gasteiger partial charge in [0.2, 0.25) is 0 Å². The Kier molecular flexibility index (Phi) is 4.20. The average Bonchev–Trinajstić information content (AvgIpc) is 3.12. The predicted molar refractivity (Wildman–Crippen MR) is 79.5 cm³/mol. The number of hydrogen-bond donors (Lipinski definition) is 2. The molecule has 1 saturated carbocycles. The Balaban J connectivity index is 1.77. The molecular weight excluding hydrogens is 284 g/mol. The van der Waals surface area contributed by atoms with Gasteiger partial charge in [0.15, 0.2) is 0 Å². The van der Waals surface area contributed by atoms with E-state index in [0.717, 1.165) is 25.0 Å². The monoisotopic (exact) mass is 306 g/mol. The molecule has 2 heterocycles. The number of aromatic amines is 1. The molecular formula is C16H22N2O4. The van der Waals surface area contributed by atoms with Crippen molar-refractivity contribution in [2.24, 2.45) is 5.92 Å². The number of H-pyrrole nitrogens is 1. The highest BCUT2D eigenvalue weighted by Gasteiger charge is 2.45. The highest BCUT2D eigenvalue weighted by Crippen LogP contribution is 2.40. The fraction of sp³-hybridized carbons (Fsp3) is 0.625. The number of fused-ring (bicyclic) bond motifs is 1. The van der Waals surface area contributed by atoms with Gasteiger partial charge in [0.1, 0.15) is 11.7 Å². The zero-order valence-corrected chi connectivity index (χ0v) is 12.7. The number of nitrogens with one attached hydrogen (secondary N) is 1. The smallest absolute Gasteiger partial charge is 0.354 e. The van der Waals surface area contributed by atoms with Crippen molar-refractivity contribution in [1.82, 2.24) is 9.88 Å². The van der Waals surface area contributed by atoms with E-state index in [0.29, 0.717) is 24.2 Å². The Morgan fingerprint density at radius 3 is 2.86 bits per heavy atom. The fourth-order valence-electron chi connectivity index (χ4n) is 3.98. The van der Waals surface area contributed by atoms with E-state index in [9.17, 15) is 14.7 Å². The lowest BCUT2D eigenvalue weighted by atomic mass is 9.85. The van der Waals surface area contributed by atoms with Crippen molar-refractivity contribution in [1.29, 1.82) is 0 Å². The van der Waals surface area contributed by atoms with E-state index in [-0.39, 0.29) is 0 Å². The summed E-state index contributed by atoms with van der Waals surface area (Å²) in [5.74, 6) is -0.656. The van der Waals surface area contributed by atoms with E-state index in [1.807, 2.05) is 6.07 Å². The zero-order chi connectivity index (χ0) is 15.7. The molecule has 1 aliphatic heterocycles. The molecule has 2 N–H and O–H groups in total. The predicted octanol–water partition coefficient (Wildman–Crippen LogP) is 2.02. The van der Waals surface area contributed by atoms with Crippen LogP contribution >= 0.6 is 0 Å². The number of hydrogen-bond acceptors (Lipinski definition) is 4. The molecule has 22 heavy (non-hydrogen) atoms. The van der Waals surface area contributed by atoms with E-state index < -0.39 is 18.0 Å². The number of aromatic nitrogens is 1. The van der Waals surface area contributed by atoms with E-state index in [2.05, 4.69) is 14.6 Å². The van der Waals surface area contributed by atoms with Crippen molar-refractivity contribution in [2.45, 2.75) is 50.7 Å². The van der Waals surface area contributed by atoms with Crippen LogP contribution in [0.2, 0.25) is 0 Å². The number of carbonyl (C=O) groups is 2. The summed E-state index contributed by atoms with van der Waals surface area (Å²) >= 11 is 0. The minimum absolute atomic E-state index is 0.347. The van der Waals surface area contributed by atoms with Crippen LogP contribution in [0, 0.1) is 5.92 Å². The molecule has 2 fully saturated rings. The van der Waals surface area contributed by atoms with E-state index >= 15 is 0 Å². The second-order valence-electron chi connectivity index (χ2n) is 6.26. The molecule has 0 aromatic carbocycles. The van der Waals surface area contributed by atoms with Crippen molar-refractivity contribution < 1.29 is 19.4 Å². The van der Waals surface area contributed by atoms with E-state index in [4.69, 9.17) is 0 Å². The van der Waals surface area contributed by atoms with Crippen LogP contribution in [-0.2, 0) is 16.1 Å². The van der Waals surface area contributed by atoms with Crippen molar-refractivity contribution >= 4 is 11.9 Å². The number of carboxylic acids is 1. The van der Waals surface area contributed by atoms with Crippen LogP contribution in [-0.4, -0.2) is 46.1 Å². The fourth-order valence-corrected chi connectivity index (χ4v) is 3.98. The van der Waals surface area contributed by atoms with E-state index in [1.54, 1.807) is 6.07 Å². The van der Waals surface area contributed by atoms with Crippen LogP contribution in [0.25, 0.3) is 0 Å². The first-order valence-corrected chi connectivity index (χ1v) is 7.85. The SMILES string of the molecule is COC(=O)c1ccc(CN2C(C(=O)O)CC3CCCCC32)[nH]1. The molecule has 1 aromatic heterocycles. The second kappa shape index (κ2) is 6.12. The molecule has 6 heteroatoms.